The zero-order valence-corrected chi connectivity index (χ0v) is 12.5. The fraction of sp³-hybridized carbons (Fsp3) is 0.333. The molecule has 2 unspecified atom stereocenters. The first-order chi connectivity index (χ1) is 9.29. The third-order valence-corrected chi connectivity index (χ3v) is 3.53. The van der Waals surface area contributed by atoms with Crippen LogP contribution in [0.2, 0.25) is 5.02 Å². The largest absolute Gasteiger partial charge is 0.478 e. The summed E-state index contributed by atoms with van der Waals surface area (Å²) in [5.74, 6) is -0.853. The molecular formula is C12H15ClN2O4S. The van der Waals surface area contributed by atoms with E-state index in [0.717, 1.165) is 0 Å². The van der Waals surface area contributed by atoms with Crippen LogP contribution in [0.25, 0.3) is 0 Å². The maximum Gasteiger partial charge on any atom is 0.337 e. The highest BCUT2D eigenvalue weighted by Crippen LogP contribution is 2.21. The molecule has 0 aliphatic rings. The number of carbonyl (C=O) groups excluding carboxylic acids is 1. The quantitative estimate of drug-likeness (QED) is 0.773. The highest BCUT2D eigenvalue weighted by molar-refractivity contribution is 7.84. The molecule has 2 amide bonds. The second kappa shape index (κ2) is 7.25. The van der Waals surface area contributed by atoms with Crippen LogP contribution >= 0.6 is 11.6 Å². The van der Waals surface area contributed by atoms with Crippen molar-refractivity contribution in [3.05, 3.63) is 28.8 Å². The third-order valence-electron chi connectivity index (χ3n) is 2.32. The molecule has 6 nitrogen and oxygen atoms in total. The molecule has 0 saturated carbocycles. The Kier molecular flexibility index (Phi) is 5.97. The Morgan fingerprint density at radius 3 is 2.65 bits per heavy atom. The Morgan fingerprint density at radius 1 is 1.45 bits per heavy atom. The van der Waals surface area contributed by atoms with Gasteiger partial charge in [0.05, 0.1) is 11.3 Å². The molecule has 1 rings (SSSR count). The summed E-state index contributed by atoms with van der Waals surface area (Å²) in [4.78, 5) is 22.8. The van der Waals surface area contributed by atoms with Crippen LogP contribution in [0.5, 0.6) is 0 Å². The topological polar surface area (TPSA) is 95.5 Å². The van der Waals surface area contributed by atoms with Crippen LogP contribution in [-0.4, -0.2) is 39.4 Å². The van der Waals surface area contributed by atoms with E-state index in [1.807, 2.05) is 0 Å². The van der Waals surface area contributed by atoms with Crippen LogP contribution in [0, 0.1) is 0 Å². The number of carboxylic acid groups (broad SMARTS) is 1. The van der Waals surface area contributed by atoms with Crippen LogP contribution in [-0.2, 0) is 10.8 Å². The van der Waals surface area contributed by atoms with Crippen molar-refractivity contribution in [1.82, 2.24) is 5.32 Å². The number of halogens is 1. The second-order valence-electron chi connectivity index (χ2n) is 4.23. The summed E-state index contributed by atoms with van der Waals surface area (Å²) in [6, 6.07) is 3.22. The molecule has 0 bridgehead atoms. The number of carboxylic acids is 1. The van der Waals surface area contributed by atoms with Crippen molar-refractivity contribution in [2.45, 2.75) is 13.0 Å². The molecular weight excluding hydrogens is 304 g/mol. The van der Waals surface area contributed by atoms with Gasteiger partial charge in [0.1, 0.15) is 0 Å². The first-order valence-corrected chi connectivity index (χ1v) is 7.80. The maximum atomic E-state index is 11.7. The van der Waals surface area contributed by atoms with Gasteiger partial charge in [-0.25, -0.2) is 9.59 Å². The summed E-state index contributed by atoms with van der Waals surface area (Å²) in [7, 11) is -1.03. The number of aromatic carboxylic acids is 1. The van der Waals surface area contributed by atoms with E-state index in [9.17, 15) is 13.8 Å². The number of hydrogen-bond acceptors (Lipinski definition) is 3. The van der Waals surface area contributed by atoms with E-state index in [1.54, 1.807) is 6.92 Å². The van der Waals surface area contributed by atoms with E-state index in [0.29, 0.717) is 10.8 Å². The lowest BCUT2D eigenvalue weighted by Crippen LogP contribution is -2.39. The molecule has 110 valence electrons. The maximum absolute atomic E-state index is 11.7. The first-order valence-electron chi connectivity index (χ1n) is 5.70. The van der Waals surface area contributed by atoms with E-state index in [1.165, 1.54) is 24.5 Å². The monoisotopic (exact) mass is 318 g/mol. The Morgan fingerprint density at radius 2 is 2.10 bits per heavy atom. The lowest BCUT2D eigenvalue weighted by molar-refractivity contribution is 0.0698. The molecule has 2 atom stereocenters. The van der Waals surface area contributed by atoms with Crippen LogP contribution in [0.4, 0.5) is 10.5 Å². The van der Waals surface area contributed by atoms with Crippen molar-refractivity contribution in [2.75, 3.05) is 17.3 Å². The molecule has 3 N–H and O–H groups in total. The SMILES string of the molecule is CC(CS(C)=O)NC(=O)Nc1cc(Cl)ccc1C(=O)O. The Bertz CT molecular complexity index is 550. The number of benzene rings is 1. The zero-order chi connectivity index (χ0) is 15.3. The minimum atomic E-state index is -1.17. The van der Waals surface area contributed by atoms with Gasteiger partial charge in [0.2, 0.25) is 0 Å². The molecule has 0 spiro atoms. The number of carbonyl (C=O) groups is 2. The highest BCUT2D eigenvalue weighted by Gasteiger charge is 2.14. The fourth-order valence-corrected chi connectivity index (χ4v) is 2.54. The lowest BCUT2D eigenvalue weighted by atomic mass is 10.2. The number of hydrogen-bond donors (Lipinski definition) is 3. The van der Waals surface area contributed by atoms with Gasteiger partial charge in [0.15, 0.2) is 0 Å². The van der Waals surface area contributed by atoms with Gasteiger partial charge in [-0.3, -0.25) is 4.21 Å². The molecule has 0 saturated heterocycles. The van der Waals surface area contributed by atoms with Crippen molar-refractivity contribution >= 4 is 40.1 Å². The van der Waals surface area contributed by atoms with Crippen LogP contribution in [0.1, 0.15) is 17.3 Å². The van der Waals surface area contributed by atoms with Gasteiger partial charge in [-0.15, -0.1) is 0 Å². The molecule has 0 aliphatic carbocycles. The third kappa shape index (κ3) is 5.18. The van der Waals surface area contributed by atoms with Crippen LogP contribution < -0.4 is 10.6 Å². The average Bonchev–Trinajstić information content (AvgIpc) is 2.26. The molecule has 1 aromatic rings. The fourth-order valence-electron chi connectivity index (χ4n) is 1.58. The lowest BCUT2D eigenvalue weighted by Gasteiger charge is -2.14. The smallest absolute Gasteiger partial charge is 0.337 e. The van der Waals surface area contributed by atoms with E-state index in [4.69, 9.17) is 16.7 Å². The minimum Gasteiger partial charge on any atom is -0.478 e. The summed E-state index contributed by atoms with van der Waals surface area (Å²) in [5, 5.41) is 14.3. The molecule has 0 aromatic heterocycles. The van der Waals surface area contributed by atoms with Gasteiger partial charge in [-0.1, -0.05) is 11.6 Å². The number of urea groups is 1. The predicted octanol–water partition coefficient (Wildman–Crippen LogP) is 1.93. The van der Waals surface area contributed by atoms with Gasteiger partial charge >= 0.3 is 12.0 Å². The average molecular weight is 319 g/mol. The van der Waals surface area contributed by atoms with Crippen molar-refractivity contribution in [3.8, 4) is 0 Å². The van der Waals surface area contributed by atoms with Crippen molar-refractivity contribution in [2.24, 2.45) is 0 Å². The standard InChI is InChI=1S/C12H15ClN2O4S/c1-7(6-20(2)19)14-12(18)15-10-5-8(13)3-4-9(10)11(16)17/h3-5,7H,6H2,1-2H3,(H,16,17)(H2,14,15,18). The van der Waals surface area contributed by atoms with Crippen molar-refractivity contribution in [1.29, 1.82) is 0 Å². The predicted molar refractivity (Wildman–Crippen MR) is 79.0 cm³/mol. The number of amides is 2. The van der Waals surface area contributed by atoms with Crippen LogP contribution in [0.15, 0.2) is 18.2 Å². The number of rotatable bonds is 5. The summed E-state index contributed by atoms with van der Waals surface area (Å²) < 4.78 is 11.0. The molecule has 0 aliphatic heterocycles. The normalized spacial score (nSPS) is 13.3. The van der Waals surface area contributed by atoms with Crippen molar-refractivity contribution < 1.29 is 18.9 Å². The zero-order valence-electron chi connectivity index (χ0n) is 11.0. The van der Waals surface area contributed by atoms with Gasteiger partial charge in [0.25, 0.3) is 0 Å². The minimum absolute atomic E-state index is 0.0590. The molecule has 1 aromatic carbocycles. The summed E-state index contributed by atoms with van der Waals surface area (Å²) in [6.07, 6.45) is 1.54. The van der Waals surface area contributed by atoms with E-state index >= 15 is 0 Å². The van der Waals surface area contributed by atoms with Gasteiger partial charge in [-0.2, -0.15) is 0 Å². The summed E-state index contributed by atoms with van der Waals surface area (Å²) in [5.41, 5.74) is 0.0450. The molecule has 20 heavy (non-hydrogen) atoms. The van der Waals surface area contributed by atoms with E-state index in [2.05, 4.69) is 10.6 Å². The Hall–Kier alpha value is -1.60. The Labute approximate surface area is 124 Å². The van der Waals surface area contributed by atoms with Gasteiger partial charge in [-0.05, 0) is 25.1 Å². The first kappa shape index (κ1) is 16.5. The number of anilines is 1. The molecule has 0 heterocycles. The van der Waals surface area contributed by atoms with Crippen LogP contribution in [0.3, 0.4) is 0 Å². The second-order valence-corrected chi connectivity index (χ2v) is 6.15. The summed E-state index contributed by atoms with van der Waals surface area (Å²) in [6.45, 7) is 1.71. The molecule has 0 fully saturated rings. The van der Waals surface area contributed by atoms with Gasteiger partial charge < -0.3 is 15.7 Å². The molecule has 8 heteroatoms. The Balaban J connectivity index is 2.77. The van der Waals surface area contributed by atoms with E-state index in [-0.39, 0.29) is 17.3 Å². The number of nitrogens with one attached hydrogen (secondary N) is 2. The summed E-state index contributed by atoms with van der Waals surface area (Å²) >= 11 is 5.77. The molecule has 0 radical (unpaired) electrons. The van der Waals surface area contributed by atoms with Gasteiger partial charge in [0, 0.05) is 33.9 Å². The van der Waals surface area contributed by atoms with Crippen molar-refractivity contribution in [3.63, 3.8) is 0 Å². The van der Waals surface area contributed by atoms with E-state index < -0.39 is 22.8 Å². The highest BCUT2D eigenvalue weighted by atomic mass is 35.5.